The second-order valence-electron chi connectivity index (χ2n) is 7.49. The summed E-state index contributed by atoms with van der Waals surface area (Å²) in [6.07, 6.45) is -4.94. The third-order valence-corrected chi connectivity index (χ3v) is 3.80. The predicted molar refractivity (Wildman–Crippen MR) is 105 cm³/mol. The lowest BCUT2D eigenvalue weighted by Gasteiger charge is -2.20. The van der Waals surface area contributed by atoms with Crippen molar-refractivity contribution in [3.8, 4) is 17.2 Å². The Labute approximate surface area is 177 Å². The lowest BCUT2D eigenvalue weighted by molar-refractivity contribution is -0.274. The second kappa shape index (κ2) is 9.72. The van der Waals surface area contributed by atoms with Gasteiger partial charge in [-0.15, -0.1) is 13.2 Å². The van der Waals surface area contributed by atoms with E-state index in [1.807, 2.05) is 0 Å². The minimum atomic E-state index is -4.87. The number of para-hydroxylation sites is 1. The molecule has 2 rings (SSSR count). The van der Waals surface area contributed by atoms with E-state index < -0.39 is 29.7 Å². The van der Waals surface area contributed by atoms with Crippen LogP contribution in [0.4, 0.5) is 13.2 Å². The highest BCUT2D eigenvalue weighted by Crippen LogP contribution is 2.33. The Hall–Kier alpha value is -3.23. The first kappa shape index (κ1) is 24.0. The first-order chi connectivity index (χ1) is 14.4. The summed E-state index contributed by atoms with van der Waals surface area (Å²) in [5, 5.41) is 0. The first-order valence-corrected chi connectivity index (χ1v) is 9.33. The molecule has 0 amide bonds. The van der Waals surface area contributed by atoms with Crippen molar-refractivity contribution in [1.29, 1.82) is 0 Å². The fourth-order valence-corrected chi connectivity index (χ4v) is 2.63. The Morgan fingerprint density at radius 3 is 2.26 bits per heavy atom. The lowest BCUT2D eigenvalue weighted by Crippen LogP contribution is -2.24. The van der Waals surface area contributed by atoms with Crippen LogP contribution < -0.4 is 9.47 Å². The zero-order valence-corrected chi connectivity index (χ0v) is 17.5. The minimum Gasteiger partial charge on any atom is -0.465 e. The van der Waals surface area contributed by atoms with Gasteiger partial charge >= 0.3 is 18.3 Å². The lowest BCUT2D eigenvalue weighted by atomic mass is 10.1. The van der Waals surface area contributed by atoms with Crippen molar-refractivity contribution in [2.24, 2.45) is 0 Å². The molecule has 0 heterocycles. The number of hydrogen-bond acceptors (Lipinski definition) is 6. The summed E-state index contributed by atoms with van der Waals surface area (Å²) < 4.78 is 57.6. The Morgan fingerprint density at radius 2 is 1.65 bits per heavy atom. The van der Waals surface area contributed by atoms with Gasteiger partial charge < -0.3 is 18.9 Å². The van der Waals surface area contributed by atoms with Gasteiger partial charge in [-0.1, -0.05) is 12.1 Å². The molecule has 0 saturated carbocycles. The molecule has 0 N–H and O–H groups in total. The largest absolute Gasteiger partial charge is 0.573 e. The highest BCUT2D eigenvalue weighted by molar-refractivity contribution is 5.92. The quantitative estimate of drug-likeness (QED) is 0.534. The standard InChI is InChI=1S/C22H23F3O6/c1-21(2,3)31-19(26)12-9-14-13-15(30-22(23,24)25)10-11-17(14)29-18-8-6-5-7-16(18)20(27)28-4/h5-8,10-11,13H,9,12H2,1-4H3. The molecule has 31 heavy (non-hydrogen) atoms. The van der Waals surface area contributed by atoms with Gasteiger partial charge in [0, 0.05) is 6.42 Å². The van der Waals surface area contributed by atoms with Gasteiger partial charge in [0.05, 0.1) is 7.11 Å². The van der Waals surface area contributed by atoms with Gasteiger partial charge in [0.25, 0.3) is 0 Å². The predicted octanol–water partition coefficient (Wildman–Crippen LogP) is 5.44. The molecule has 0 atom stereocenters. The number of alkyl halides is 3. The van der Waals surface area contributed by atoms with E-state index in [0.29, 0.717) is 0 Å². The van der Waals surface area contributed by atoms with Gasteiger partial charge in [0.15, 0.2) is 0 Å². The fraction of sp³-hybridized carbons (Fsp3) is 0.364. The zero-order valence-electron chi connectivity index (χ0n) is 17.5. The molecule has 2 aromatic rings. The number of aryl methyl sites for hydroxylation is 1. The Morgan fingerprint density at radius 1 is 0.968 bits per heavy atom. The summed E-state index contributed by atoms with van der Waals surface area (Å²) in [4.78, 5) is 24.0. The molecule has 2 aromatic carbocycles. The monoisotopic (exact) mass is 440 g/mol. The molecule has 0 radical (unpaired) electrons. The van der Waals surface area contributed by atoms with Gasteiger partial charge in [0.2, 0.25) is 0 Å². The van der Waals surface area contributed by atoms with Crippen molar-refractivity contribution in [2.75, 3.05) is 7.11 Å². The highest BCUT2D eigenvalue weighted by atomic mass is 19.4. The van der Waals surface area contributed by atoms with Crippen molar-refractivity contribution in [3.63, 3.8) is 0 Å². The average molecular weight is 440 g/mol. The number of methoxy groups -OCH3 is 1. The summed E-state index contributed by atoms with van der Waals surface area (Å²) >= 11 is 0. The molecule has 6 nitrogen and oxygen atoms in total. The van der Waals surface area contributed by atoms with Crippen LogP contribution >= 0.6 is 0 Å². The number of ether oxygens (including phenoxy) is 4. The topological polar surface area (TPSA) is 71.1 Å². The van der Waals surface area contributed by atoms with Gasteiger partial charge in [-0.25, -0.2) is 4.79 Å². The van der Waals surface area contributed by atoms with Crippen LogP contribution in [0.2, 0.25) is 0 Å². The van der Waals surface area contributed by atoms with E-state index >= 15 is 0 Å². The van der Waals surface area contributed by atoms with E-state index in [0.717, 1.165) is 12.1 Å². The average Bonchev–Trinajstić information content (AvgIpc) is 2.65. The Balaban J connectivity index is 2.33. The Kier molecular flexibility index (Phi) is 7.54. The molecule has 0 aliphatic heterocycles. The third-order valence-electron chi connectivity index (χ3n) is 3.80. The van der Waals surface area contributed by atoms with Crippen LogP contribution in [0.5, 0.6) is 17.2 Å². The van der Waals surface area contributed by atoms with E-state index in [2.05, 4.69) is 4.74 Å². The fourth-order valence-electron chi connectivity index (χ4n) is 2.63. The van der Waals surface area contributed by atoms with Gasteiger partial charge in [-0.2, -0.15) is 0 Å². The van der Waals surface area contributed by atoms with E-state index in [1.54, 1.807) is 32.9 Å². The van der Waals surface area contributed by atoms with Crippen LogP contribution in [0.3, 0.4) is 0 Å². The minimum absolute atomic E-state index is 0.0275. The molecule has 0 unspecified atom stereocenters. The molecule has 0 aromatic heterocycles. The maximum absolute atomic E-state index is 12.6. The van der Waals surface area contributed by atoms with Crippen LogP contribution in [0.1, 0.15) is 43.1 Å². The van der Waals surface area contributed by atoms with Crippen LogP contribution in [-0.2, 0) is 20.7 Å². The van der Waals surface area contributed by atoms with E-state index in [9.17, 15) is 22.8 Å². The van der Waals surface area contributed by atoms with Gasteiger partial charge in [-0.3, -0.25) is 4.79 Å². The van der Waals surface area contributed by atoms with E-state index in [4.69, 9.17) is 14.2 Å². The number of halogens is 3. The number of esters is 2. The van der Waals surface area contributed by atoms with Crippen molar-refractivity contribution >= 4 is 11.9 Å². The molecular weight excluding hydrogens is 417 g/mol. The number of hydrogen-bond donors (Lipinski definition) is 0. The SMILES string of the molecule is COC(=O)c1ccccc1Oc1ccc(OC(F)(F)F)cc1CCC(=O)OC(C)(C)C. The second-order valence-corrected chi connectivity index (χ2v) is 7.49. The van der Waals surface area contributed by atoms with Gasteiger partial charge in [-0.05, 0) is 63.1 Å². The molecule has 0 saturated heterocycles. The third kappa shape index (κ3) is 7.84. The summed E-state index contributed by atoms with van der Waals surface area (Å²) in [5.41, 5.74) is -0.289. The van der Waals surface area contributed by atoms with Crippen molar-refractivity contribution in [2.45, 2.75) is 45.6 Å². The van der Waals surface area contributed by atoms with Crippen LogP contribution in [0.25, 0.3) is 0 Å². The molecule has 0 bridgehead atoms. The molecule has 168 valence electrons. The van der Waals surface area contributed by atoms with E-state index in [-0.39, 0.29) is 35.5 Å². The molecule has 0 aliphatic carbocycles. The molecule has 9 heteroatoms. The number of carbonyl (C=O) groups excluding carboxylic acids is 2. The van der Waals surface area contributed by atoms with Crippen LogP contribution in [0.15, 0.2) is 42.5 Å². The molecule has 0 aliphatic rings. The smallest absolute Gasteiger partial charge is 0.465 e. The summed E-state index contributed by atoms with van der Waals surface area (Å²) in [7, 11) is 1.22. The molecule has 0 spiro atoms. The molecular formula is C22H23F3O6. The summed E-state index contributed by atoms with van der Waals surface area (Å²) in [5.74, 6) is -1.30. The highest BCUT2D eigenvalue weighted by Gasteiger charge is 2.31. The summed E-state index contributed by atoms with van der Waals surface area (Å²) in [6.45, 7) is 5.13. The maximum atomic E-state index is 12.6. The van der Waals surface area contributed by atoms with Crippen LogP contribution in [0, 0.1) is 0 Å². The Bertz CT molecular complexity index is 932. The molecule has 0 fully saturated rings. The number of carbonyl (C=O) groups is 2. The van der Waals surface area contributed by atoms with Crippen molar-refractivity contribution in [1.82, 2.24) is 0 Å². The van der Waals surface area contributed by atoms with E-state index in [1.165, 1.54) is 25.3 Å². The maximum Gasteiger partial charge on any atom is 0.573 e. The van der Waals surface area contributed by atoms with Gasteiger partial charge in [0.1, 0.15) is 28.4 Å². The summed E-state index contributed by atoms with van der Waals surface area (Å²) in [6, 6.07) is 9.74. The normalized spacial score (nSPS) is 11.6. The van der Waals surface area contributed by atoms with Crippen molar-refractivity contribution in [3.05, 3.63) is 53.6 Å². The number of benzene rings is 2. The van der Waals surface area contributed by atoms with Crippen LogP contribution in [-0.4, -0.2) is 31.0 Å². The zero-order chi connectivity index (χ0) is 23.2. The number of rotatable bonds is 7. The van der Waals surface area contributed by atoms with Crippen molar-refractivity contribution < 1.29 is 41.7 Å². The first-order valence-electron chi connectivity index (χ1n) is 9.33.